The van der Waals surface area contributed by atoms with Crippen LogP contribution >= 0.6 is 0 Å². The summed E-state index contributed by atoms with van der Waals surface area (Å²) in [7, 11) is 1.13. The molecule has 0 aliphatic heterocycles. The van der Waals surface area contributed by atoms with Gasteiger partial charge in [0.2, 0.25) is 0 Å². The molecule has 22 heavy (non-hydrogen) atoms. The molecular weight excluding hydrogens is 292 g/mol. The van der Waals surface area contributed by atoms with Gasteiger partial charge >= 0.3 is 12.1 Å². The SMILES string of the molecule is COC(=O)C(NC(=O)OC(C)(C)C)c1ccccc1[N+](=O)[O-]. The van der Waals surface area contributed by atoms with E-state index in [-0.39, 0.29) is 11.3 Å². The molecule has 0 aromatic heterocycles. The number of methoxy groups -OCH3 is 1. The van der Waals surface area contributed by atoms with E-state index < -0.39 is 28.6 Å². The van der Waals surface area contributed by atoms with Crippen molar-refractivity contribution in [2.45, 2.75) is 32.4 Å². The molecular formula is C14H18N2O6. The highest BCUT2D eigenvalue weighted by molar-refractivity contribution is 5.84. The van der Waals surface area contributed by atoms with E-state index in [1.807, 2.05) is 0 Å². The molecule has 1 aromatic carbocycles. The molecule has 0 bridgehead atoms. The lowest BCUT2D eigenvalue weighted by Gasteiger charge is -2.22. The van der Waals surface area contributed by atoms with Crippen LogP contribution in [0.5, 0.6) is 0 Å². The highest BCUT2D eigenvalue weighted by atomic mass is 16.6. The number of nitrogens with zero attached hydrogens (tertiary/aromatic N) is 1. The molecule has 8 nitrogen and oxygen atoms in total. The van der Waals surface area contributed by atoms with Gasteiger partial charge in [0.1, 0.15) is 5.60 Å². The van der Waals surface area contributed by atoms with E-state index in [1.165, 1.54) is 24.3 Å². The van der Waals surface area contributed by atoms with E-state index in [0.717, 1.165) is 7.11 Å². The van der Waals surface area contributed by atoms with Gasteiger partial charge in [-0.1, -0.05) is 12.1 Å². The molecule has 8 heteroatoms. The third kappa shape index (κ3) is 4.72. The second kappa shape index (κ2) is 6.88. The number of rotatable bonds is 4. The minimum Gasteiger partial charge on any atom is -0.467 e. The second-order valence-electron chi connectivity index (χ2n) is 5.42. The van der Waals surface area contributed by atoms with Crippen LogP contribution in [-0.4, -0.2) is 29.7 Å². The molecule has 1 atom stereocenters. The Balaban J connectivity index is 3.12. The zero-order valence-corrected chi connectivity index (χ0v) is 12.8. The van der Waals surface area contributed by atoms with Gasteiger partial charge in [0.15, 0.2) is 6.04 Å². The van der Waals surface area contributed by atoms with Crippen LogP contribution < -0.4 is 5.32 Å². The van der Waals surface area contributed by atoms with Gasteiger partial charge < -0.3 is 14.8 Å². The van der Waals surface area contributed by atoms with Crippen molar-refractivity contribution >= 4 is 17.7 Å². The van der Waals surface area contributed by atoms with Gasteiger partial charge in [-0.25, -0.2) is 9.59 Å². The van der Waals surface area contributed by atoms with Gasteiger partial charge in [-0.2, -0.15) is 0 Å². The monoisotopic (exact) mass is 310 g/mol. The number of amides is 1. The van der Waals surface area contributed by atoms with Crippen molar-refractivity contribution in [3.63, 3.8) is 0 Å². The maximum atomic E-state index is 11.9. The maximum Gasteiger partial charge on any atom is 0.408 e. The Morgan fingerprint density at radius 3 is 2.36 bits per heavy atom. The molecule has 0 heterocycles. The summed E-state index contributed by atoms with van der Waals surface area (Å²) in [6.45, 7) is 4.97. The summed E-state index contributed by atoms with van der Waals surface area (Å²) in [4.78, 5) is 34.1. The minimum atomic E-state index is -1.33. The van der Waals surface area contributed by atoms with E-state index in [9.17, 15) is 19.7 Å². The molecule has 1 amide bonds. The van der Waals surface area contributed by atoms with Crippen LogP contribution in [0.25, 0.3) is 0 Å². The summed E-state index contributed by atoms with van der Waals surface area (Å²) >= 11 is 0. The van der Waals surface area contributed by atoms with E-state index in [2.05, 4.69) is 10.1 Å². The van der Waals surface area contributed by atoms with Gasteiger partial charge in [0.25, 0.3) is 5.69 Å². The van der Waals surface area contributed by atoms with Crippen LogP contribution in [0.4, 0.5) is 10.5 Å². The third-order valence-electron chi connectivity index (χ3n) is 2.54. The normalized spacial score (nSPS) is 12.2. The van der Waals surface area contributed by atoms with Crippen molar-refractivity contribution < 1.29 is 24.0 Å². The van der Waals surface area contributed by atoms with Crippen LogP contribution in [0.15, 0.2) is 24.3 Å². The second-order valence-corrected chi connectivity index (χ2v) is 5.42. The van der Waals surface area contributed by atoms with Crippen LogP contribution in [0.2, 0.25) is 0 Å². The van der Waals surface area contributed by atoms with Crippen molar-refractivity contribution in [2.24, 2.45) is 0 Å². The molecule has 0 fully saturated rings. The number of alkyl carbamates (subject to hydrolysis) is 1. The largest absolute Gasteiger partial charge is 0.467 e. The fourth-order valence-corrected chi connectivity index (χ4v) is 1.70. The van der Waals surface area contributed by atoms with Gasteiger partial charge in [-0.05, 0) is 26.8 Å². The molecule has 0 aliphatic carbocycles. The molecule has 0 spiro atoms. The molecule has 0 aliphatic rings. The Morgan fingerprint density at radius 1 is 1.27 bits per heavy atom. The first-order valence-corrected chi connectivity index (χ1v) is 6.46. The lowest BCUT2D eigenvalue weighted by molar-refractivity contribution is -0.385. The number of carbonyl (C=O) groups is 2. The number of ether oxygens (including phenoxy) is 2. The van der Waals surface area contributed by atoms with Gasteiger partial charge in [0, 0.05) is 6.07 Å². The Labute approximate surface area is 127 Å². The number of nitrogens with one attached hydrogen (secondary N) is 1. The lowest BCUT2D eigenvalue weighted by Crippen LogP contribution is -2.38. The van der Waals surface area contributed by atoms with Crippen LogP contribution in [-0.2, 0) is 14.3 Å². The zero-order valence-electron chi connectivity index (χ0n) is 12.8. The zero-order chi connectivity index (χ0) is 16.9. The van der Waals surface area contributed by atoms with E-state index in [0.29, 0.717) is 0 Å². The Hall–Kier alpha value is -2.64. The summed E-state index contributed by atoms with van der Waals surface area (Å²) in [6, 6.07) is 4.26. The summed E-state index contributed by atoms with van der Waals surface area (Å²) < 4.78 is 9.66. The fourth-order valence-electron chi connectivity index (χ4n) is 1.70. The van der Waals surface area contributed by atoms with Crippen LogP contribution in [0.1, 0.15) is 32.4 Å². The number of hydrogen-bond donors (Lipinski definition) is 1. The standard InChI is InChI=1S/C14H18N2O6/c1-14(2,3)22-13(18)15-11(12(17)21-4)9-7-5-6-8-10(9)16(19)20/h5-8,11H,1-4H3,(H,15,18). The quantitative estimate of drug-likeness (QED) is 0.519. The maximum absolute atomic E-state index is 11.9. The first kappa shape index (κ1) is 17.4. The topological polar surface area (TPSA) is 108 Å². The van der Waals surface area contributed by atoms with Crippen molar-refractivity contribution in [3.05, 3.63) is 39.9 Å². The predicted molar refractivity (Wildman–Crippen MR) is 77.2 cm³/mol. The Kier molecular flexibility index (Phi) is 5.44. The molecule has 1 aromatic rings. The van der Waals surface area contributed by atoms with Gasteiger partial charge in [0.05, 0.1) is 17.6 Å². The molecule has 0 saturated carbocycles. The fraction of sp³-hybridized carbons (Fsp3) is 0.429. The number of nitro groups is 1. The average molecular weight is 310 g/mol. The van der Waals surface area contributed by atoms with Crippen molar-refractivity contribution in [1.82, 2.24) is 5.32 Å². The van der Waals surface area contributed by atoms with Crippen molar-refractivity contribution in [3.8, 4) is 0 Å². The number of carbonyl (C=O) groups excluding carboxylic acids is 2. The number of nitro benzene ring substituents is 1. The number of para-hydroxylation sites is 1. The Morgan fingerprint density at radius 2 is 1.86 bits per heavy atom. The smallest absolute Gasteiger partial charge is 0.408 e. The molecule has 1 unspecified atom stereocenters. The van der Waals surface area contributed by atoms with E-state index in [4.69, 9.17) is 4.74 Å². The summed E-state index contributed by atoms with van der Waals surface area (Å²) in [5.41, 5.74) is -1.05. The highest BCUT2D eigenvalue weighted by Gasteiger charge is 2.31. The van der Waals surface area contributed by atoms with Gasteiger partial charge in [-0.3, -0.25) is 10.1 Å². The minimum absolute atomic E-state index is 0.0187. The van der Waals surface area contributed by atoms with Crippen molar-refractivity contribution in [1.29, 1.82) is 0 Å². The predicted octanol–water partition coefficient (Wildman–Crippen LogP) is 2.33. The van der Waals surface area contributed by atoms with Crippen molar-refractivity contribution in [2.75, 3.05) is 7.11 Å². The Bertz CT molecular complexity index is 579. The summed E-state index contributed by atoms with van der Waals surface area (Å²) in [6.07, 6.45) is -0.874. The number of esters is 1. The molecule has 120 valence electrons. The number of hydrogen-bond acceptors (Lipinski definition) is 6. The molecule has 1 rings (SSSR count). The molecule has 0 radical (unpaired) electrons. The van der Waals surface area contributed by atoms with Crippen LogP contribution in [0.3, 0.4) is 0 Å². The third-order valence-corrected chi connectivity index (χ3v) is 2.54. The molecule has 0 saturated heterocycles. The molecule has 1 N–H and O–H groups in total. The average Bonchev–Trinajstić information content (AvgIpc) is 2.42. The lowest BCUT2D eigenvalue weighted by atomic mass is 10.1. The summed E-state index contributed by atoms with van der Waals surface area (Å²) in [5.74, 6) is -0.833. The van der Waals surface area contributed by atoms with Gasteiger partial charge in [-0.15, -0.1) is 0 Å². The van der Waals surface area contributed by atoms with E-state index >= 15 is 0 Å². The number of benzene rings is 1. The highest BCUT2D eigenvalue weighted by Crippen LogP contribution is 2.26. The van der Waals surface area contributed by atoms with Crippen LogP contribution in [0, 0.1) is 10.1 Å². The summed E-state index contributed by atoms with van der Waals surface area (Å²) in [5, 5.41) is 13.4. The first-order valence-electron chi connectivity index (χ1n) is 6.46. The van der Waals surface area contributed by atoms with E-state index in [1.54, 1.807) is 20.8 Å². The first-order chi connectivity index (χ1) is 10.2.